The summed E-state index contributed by atoms with van der Waals surface area (Å²) in [6, 6.07) is 19.3. The molecule has 2 heterocycles. The molecule has 1 aliphatic heterocycles. The highest BCUT2D eigenvalue weighted by Crippen LogP contribution is 2.30. The molecule has 0 bridgehead atoms. The maximum atomic E-state index is 12.9. The second kappa shape index (κ2) is 13.4. The lowest BCUT2D eigenvalue weighted by Crippen LogP contribution is -2.50. The number of benzene rings is 2. The summed E-state index contributed by atoms with van der Waals surface area (Å²) in [7, 11) is 0. The third-order valence-electron chi connectivity index (χ3n) is 6.69. The number of nitrogens with one attached hydrogen (secondary N) is 1. The number of aliphatic hydroxyl groups excluding tert-OH is 1. The number of piperazine rings is 1. The molecule has 208 valence electrons. The number of amides is 1. The zero-order valence-electron chi connectivity index (χ0n) is 23.3. The van der Waals surface area contributed by atoms with Crippen LogP contribution in [0.5, 0.6) is 17.4 Å². The van der Waals surface area contributed by atoms with E-state index in [-0.39, 0.29) is 24.4 Å². The smallest absolute Gasteiger partial charge is 0.256 e. The van der Waals surface area contributed by atoms with Crippen LogP contribution in [0, 0.1) is 0 Å². The third kappa shape index (κ3) is 7.94. The number of pyridine rings is 1. The van der Waals surface area contributed by atoms with Crippen molar-refractivity contribution in [2.75, 3.05) is 44.2 Å². The number of hydrogen-bond acceptors (Lipinski definition) is 7. The van der Waals surface area contributed by atoms with Crippen LogP contribution in [-0.2, 0) is 0 Å². The highest BCUT2D eigenvalue weighted by atomic mass is 16.5. The van der Waals surface area contributed by atoms with Crippen LogP contribution in [0.4, 0.5) is 5.69 Å². The summed E-state index contributed by atoms with van der Waals surface area (Å²) in [5, 5.41) is 13.5. The SMILES string of the molecule is CC(C)Oc1ccccc1N1CCN(CC(O)CNC(=O)c2cccnc2Oc2ccc(C(C)C)cc2)CC1. The molecule has 1 aromatic heterocycles. The lowest BCUT2D eigenvalue weighted by atomic mass is 10.0. The Morgan fingerprint density at radius 2 is 1.69 bits per heavy atom. The summed E-state index contributed by atoms with van der Waals surface area (Å²) in [4.78, 5) is 21.7. The van der Waals surface area contributed by atoms with E-state index < -0.39 is 6.10 Å². The molecule has 0 spiro atoms. The van der Waals surface area contributed by atoms with Crippen LogP contribution in [0.15, 0.2) is 66.9 Å². The third-order valence-corrected chi connectivity index (χ3v) is 6.69. The number of rotatable bonds is 11. The van der Waals surface area contributed by atoms with E-state index in [1.165, 1.54) is 5.56 Å². The predicted molar refractivity (Wildman–Crippen MR) is 154 cm³/mol. The van der Waals surface area contributed by atoms with E-state index in [0.717, 1.165) is 37.6 Å². The zero-order valence-corrected chi connectivity index (χ0v) is 23.3. The van der Waals surface area contributed by atoms with Gasteiger partial charge >= 0.3 is 0 Å². The fourth-order valence-corrected chi connectivity index (χ4v) is 4.59. The highest BCUT2D eigenvalue weighted by Gasteiger charge is 2.22. The molecule has 8 heteroatoms. The normalized spacial score (nSPS) is 14.9. The molecule has 8 nitrogen and oxygen atoms in total. The zero-order chi connectivity index (χ0) is 27.8. The number of nitrogens with zero attached hydrogens (tertiary/aromatic N) is 3. The Bertz CT molecular complexity index is 1210. The number of para-hydroxylation sites is 2. The number of aromatic nitrogens is 1. The Labute approximate surface area is 231 Å². The molecule has 1 aliphatic rings. The van der Waals surface area contributed by atoms with Crippen molar-refractivity contribution in [2.45, 2.75) is 45.8 Å². The van der Waals surface area contributed by atoms with Gasteiger partial charge in [-0.1, -0.05) is 38.1 Å². The lowest BCUT2D eigenvalue weighted by Gasteiger charge is -2.37. The Morgan fingerprint density at radius 3 is 2.38 bits per heavy atom. The molecule has 1 saturated heterocycles. The van der Waals surface area contributed by atoms with Gasteiger partial charge in [0.05, 0.1) is 17.9 Å². The van der Waals surface area contributed by atoms with E-state index in [1.54, 1.807) is 18.3 Å². The number of aliphatic hydroxyl groups is 1. The van der Waals surface area contributed by atoms with E-state index >= 15 is 0 Å². The Balaban J connectivity index is 1.26. The number of carbonyl (C=O) groups excluding carboxylic acids is 1. The largest absolute Gasteiger partial charge is 0.489 e. The van der Waals surface area contributed by atoms with Gasteiger partial charge in [-0.3, -0.25) is 9.69 Å². The average molecular weight is 533 g/mol. The van der Waals surface area contributed by atoms with Crippen molar-refractivity contribution in [1.82, 2.24) is 15.2 Å². The number of hydrogen-bond donors (Lipinski definition) is 2. The molecule has 2 N–H and O–H groups in total. The predicted octanol–water partition coefficient (Wildman–Crippen LogP) is 4.70. The van der Waals surface area contributed by atoms with Crippen LogP contribution in [0.3, 0.4) is 0 Å². The van der Waals surface area contributed by atoms with Gasteiger partial charge in [-0.15, -0.1) is 0 Å². The minimum atomic E-state index is -0.693. The van der Waals surface area contributed by atoms with Crippen LogP contribution in [0.2, 0.25) is 0 Å². The minimum Gasteiger partial charge on any atom is -0.489 e. The lowest BCUT2D eigenvalue weighted by molar-refractivity contribution is 0.0849. The van der Waals surface area contributed by atoms with Crippen LogP contribution >= 0.6 is 0 Å². The standard InChI is InChI=1S/C31H40N4O4/c1-22(2)24-11-13-26(14-12-24)39-31-27(8-7-15-32-31)30(37)33-20-25(36)21-34-16-18-35(19-17-34)28-9-5-6-10-29(28)38-23(3)4/h5-15,22-23,25,36H,16-21H2,1-4H3,(H,33,37). The number of anilines is 1. The van der Waals surface area contributed by atoms with Crippen molar-refractivity contribution in [2.24, 2.45) is 0 Å². The fraction of sp³-hybridized carbons (Fsp3) is 0.419. The summed E-state index contributed by atoms with van der Waals surface area (Å²) in [6.45, 7) is 12.3. The highest BCUT2D eigenvalue weighted by molar-refractivity contribution is 5.96. The average Bonchev–Trinajstić information content (AvgIpc) is 2.93. The van der Waals surface area contributed by atoms with E-state index in [0.29, 0.717) is 23.8 Å². The van der Waals surface area contributed by atoms with Crippen LogP contribution in [-0.4, -0.2) is 72.4 Å². The molecule has 1 atom stereocenters. The molecule has 3 aromatic rings. The first kappa shape index (κ1) is 28.4. The van der Waals surface area contributed by atoms with Crippen LogP contribution in [0.25, 0.3) is 0 Å². The Morgan fingerprint density at radius 1 is 0.974 bits per heavy atom. The van der Waals surface area contributed by atoms with Gasteiger partial charge in [0.15, 0.2) is 0 Å². The van der Waals surface area contributed by atoms with E-state index in [4.69, 9.17) is 9.47 Å². The molecule has 0 aliphatic carbocycles. The quantitative estimate of drug-likeness (QED) is 0.370. The summed E-state index contributed by atoms with van der Waals surface area (Å²) in [5.41, 5.74) is 2.64. The molecule has 0 radical (unpaired) electrons. The number of carbonyl (C=O) groups is 1. The van der Waals surface area contributed by atoms with Gasteiger partial charge in [-0.05, 0) is 61.7 Å². The van der Waals surface area contributed by atoms with Crippen molar-refractivity contribution < 1.29 is 19.4 Å². The maximum absolute atomic E-state index is 12.9. The topological polar surface area (TPSA) is 87.2 Å². The molecule has 39 heavy (non-hydrogen) atoms. The van der Waals surface area contributed by atoms with Crippen LogP contribution in [0.1, 0.15) is 49.5 Å². The van der Waals surface area contributed by atoms with Gasteiger partial charge in [0.25, 0.3) is 5.91 Å². The molecule has 1 amide bonds. The fourth-order valence-electron chi connectivity index (χ4n) is 4.59. The first-order valence-corrected chi connectivity index (χ1v) is 13.7. The first-order chi connectivity index (χ1) is 18.8. The van der Waals surface area contributed by atoms with Gasteiger partial charge < -0.3 is 24.8 Å². The van der Waals surface area contributed by atoms with Crippen molar-refractivity contribution in [3.63, 3.8) is 0 Å². The number of ether oxygens (including phenoxy) is 2. The summed E-state index contributed by atoms with van der Waals surface area (Å²) in [6.07, 6.45) is 1.02. The van der Waals surface area contributed by atoms with Gasteiger partial charge in [-0.2, -0.15) is 0 Å². The molecule has 0 saturated carbocycles. The van der Waals surface area contributed by atoms with E-state index in [9.17, 15) is 9.90 Å². The molecule has 1 fully saturated rings. The Hall–Kier alpha value is -3.62. The molecule has 1 unspecified atom stereocenters. The van der Waals surface area contributed by atoms with Crippen molar-refractivity contribution in [3.8, 4) is 17.4 Å². The molecular weight excluding hydrogens is 492 g/mol. The summed E-state index contributed by atoms with van der Waals surface area (Å²) in [5.74, 6) is 1.84. The van der Waals surface area contributed by atoms with Crippen molar-refractivity contribution in [1.29, 1.82) is 0 Å². The summed E-state index contributed by atoms with van der Waals surface area (Å²) >= 11 is 0. The van der Waals surface area contributed by atoms with Gasteiger partial charge in [-0.25, -0.2) is 4.98 Å². The van der Waals surface area contributed by atoms with E-state index in [1.807, 2.05) is 56.3 Å². The molecular formula is C31H40N4O4. The Kier molecular flexibility index (Phi) is 9.79. The molecule has 4 rings (SSSR count). The van der Waals surface area contributed by atoms with Crippen LogP contribution < -0.4 is 19.7 Å². The monoisotopic (exact) mass is 532 g/mol. The first-order valence-electron chi connectivity index (χ1n) is 13.7. The van der Waals surface area contributed by atoms with E-state index in [2.05, 4.69) is 40.0 Å². The second-order valence-corrected chi connectivity index (χ2v) is 10.5. The van der Waals surface area contributed by atoms with Crippen molar-refractivity contribution >= 4 is 11.6 Å². The molecule has 2 aromatic carbocycles. The maximum Gasteiger partial charge on any atom is 0.256 e. The second-order valence-electron chi connectivity index (χ2n) is 10.5. The van der Waals surface area contributed by atoms with Gasteiger partial charge in [0, 0.05) is 45.5 Å². The minimum absolute atomic E-state index is 0.114. The number of β-amino-alcohol motifs (C(OH)–C–C–N with tert-alkyl or cyclic N) is 1. The van der Waals surface area contributed by atoms with Gasteiger partial charge in [0.1, 0.15) is 17.1 Å². The summed E-state index contributed by atoms with van der Waals surface area (Å²) < 4.78 is 11.9. The van der Waals surface area contributed by atoms with Crippen molar-refractivity contribution in [3.05, 3.63) is 78.0 Å². The van der Waals surface area contributed by atoms with Gasteiger partial charge in [0.2, 0.25) is 5.88 Å².